The monoisotopic (exact) mass is 267 g/mol. The maximum atomic E-state index is 11.5. The molecule has 1 heterocycles. The topological polar surface area (TPSA) is 50.8 Å². The standard InChI is InChI=1S/C10H21O4PS/c1-7(2)12-6-10-9(5-8(3)13-10)14-15(4,11)16/h7-10H,5-6H2,1-4H3,(H,11,16)/p-1/t8-,9?,10+,15?/m0/s1. The van der Waals surface area contributed by atoms with Crippen LogP contribution in [0.25, 0.3) is 0 Å². The van der Waals surface area contributed by atoms with Gasteiger partial charge in [0.05, 0.1) is 24.9 Å². The molecule has 0 aromatic carbocycles. The van der Waals surface area contributed by atoms with Gasteiger partial charge in [0.1, 0.15) is 6.10 Å². The first kappa shape index (κ1) is 14.6. The number of hydrogen-bond donors (Lipinski definition) is 0. The molecule has 2 unspecified atom stereocenters. The first-order valence-corrected chi connectivity index (χ1v) is 8.60. The fourth-order valence-corrected chi connectivity index (χ4v) is 2.76. The van der Waals surface area contributed by atoms with Gasteiger partial charge in [0.15, 0.2) is 0 Å². The van der Waals surface area contributed by atoms with E-state index in [1.54, 1.807) is 0 Å². The Morgan fingerprint density at radius 2 is 2.19 bits per heavy atom. The van der Waals surface area contributed by atoms with Gasteiger partial charge in [-0.15, -0.1) is 0 Å². The molecule has 6 heteroatoms. The Labute approximate surface area is 102 Å². The van der Waals surface area contributed by atoms with Crippen LogP contribution in [-0.4, -0.2) is 37.7 Å². The van der Waals surface area contributed by atoms with Crippen LogP contribution in [0.4, 0.5) is 0 Å². The molecule has 0 spiro atoms. The molecule has 0 aromatic heterocycles. The summed E-state index contributed by atoms with van der Waals surface area (Å²) < 4.78 is 16.5. The predicted molar refractivity (Wildman–Crippen MR) is 65.1 cm³/mol. The van der Waals surface area contributed by atoms with Crippen LogP contribution in [0.15, 0.2) is 0 Å². The Morgan fingerprint density at radius 1 is 1.56 bits per heavy atom. The van der Waals surface area contributed by atoms with Crippen molar-refractivity contribution in [1.82, 2.24) is 0 Å². The Hall–Kier alpha value is 0.490. The summed E-state index contributed by atoms with van der Waals surface area (Å²) in [5.74, 6) is 0. The largest absolute Gasteiger partial charge is 0.801 e. The molecule has 1 saturated heterocycles. The highest BCUT2D eigenvalue weighted by Gasteiger charge is 2.34. The molecule has 96 valence electrons. The molecule has 4 atom stereocenters. The third-order valence-electron chi connectivity index (χ3n) is 2.31. The summed E-state index contributed by atoms with van der Waals surface area (Å²) in [5.41, 5.74) is 0. The summed E-state index contributed by atoms with van der Waals surface area (Å²) in [4.78, 5) is 11.5. The molecule has 0 N–H and O–H groups in total. The lowest BCUT2D eigenvalue weighted by Gasteiger charge is -2.29. The molecule has 1 aliphatic rings. The molecular weight excluding hydrogens is 247 g/mol. The quantitative estimate of drug-likeness (QED) is 0.702. The first-order chi connectivity index (χ1) is 7.28. The zero-order valence-electron chi connectivity index (χ0n) is 10.2. The summed E-state index contributed by atoms with van der Waals surface area (Å²) in [6.07, 6.45) is 0.612. The third kappa shape index (κ3) is 5.21. The van der Waals surface area contributed by atoms with Crippen molar-refractivity contribution in [2.24, 2.45) is 0 Å². The second-order valence-electron chi connectivity index (χ2n) is 4.52. The van der Waals surface area contributed by atoms with E-state index in [9.17, 15) is 4.89 Å². The average molecular weight is 267 g/mol. The number of ether oxygens (including phenoxy) is 2. The molecule has 0 radical (unpaired) electrons. The molecule has 1 fully saturated rings. The van der Waals surface area contributed by atoms with Crippen molar-refractivity contribution in [3.8, 4) is 0 Å². The van der Waals surface area contributed by atoms with Crippen molar-refractivity contribution < 1.29 is 18.9 Å². The molecule has 0 aromatic rings. The maximum absolute atomic E-state index is 11.5. The molecule has 0 saturated carbocycles. The molecule has 1 rings (SSSR count). The van der Waals surface area contributed by atoms with Gasteiger partial charge in [0.25, 0.3) is 0 Å². The van der Waals surface area contributed by atoms with E-state index in [-0.39, 0.29) is 24.4 Å². The minimum atomic E-state index is -2.88. The van der Waals surface area contributed by atoms with Gasteiger partial charge in [-0.1, -0.05) is 11.8 Å². The van der Waals surface area contributed by atoms with Crippen LogP contribution in [0.3, 0.4) is 0 Å². The van der Waals surface area contributed by atoms with E-state index < -0.39 is 6.49 Å². The van der Waals surface area contributed by atoms with Crippen molar-refractivity contribution >= 4 is 18.3 Å². The SMILES string of the molecule is CC(C)OC[C@H]1O[C@@H](C)CC1OP(C)([O-])=S. The van der Waals surface area contributed by atoms with Gasteiger partial charge in [-0.3, -0.25) is 0 Å². The Bertz CT molecular complexity index is 266. The molecule has 4 nitrogen and oxygen atoms in total. The van der Waals surface area contributed by atoms with Crippen LogP contribution in [0.5, 0.6) is 0 Å². The fraction of sp³-hybridized carbons (Fsp3) is 1.00. The van der Waals surface area contributed by atoms with Crippen LogP contribution in [0.1, 0.15) is 27.2 Å². The van der Waals surface area contributed by atoms with Crippen LogP contribution < -0.4 is 4.89 Å². The molecule has 1 aliphatic heterocycles. The van der Waals surface area contributed by atoms with E-state index in [1.165, 1.54) is 6.66 Å². The fourth-order valence-electron chi connectivity index (χ4n) is 1.71. The lowest BCUT2D eigenvalue weighted by molar-refractivity contribution is -0.186. The average Bonchev–Trinajstić information content (AvgIpc) is 2.39. The summed E-state index contributed by atoms with van der Waals surface area (Å²) in [7, 11) is 0. The summed E-state index contributed by atoms with van der Waals surface area (Å²) in [5, 5.41) is 0. The van der Waals surface area contributed by atoms with Crippen molar-refractivity contribution in [2.75, 3.05) is 13.3 Å². The zero-order valence-corrected chi connectivity index (χ0v) is 11.9. The van der Waals surface area contributed by atoms with E-state index in [0.717, 1.165) is 6.42 Å². The highest BCUT2D eigenvalue weighted by atomic mass is 32.5. The van der Waals surface area contributed by atoms with Crippen molar-refractivity contribution in [1.29, 1.82) is 0 Å². The Kier molecular flexibility index (Phi) is 5.36. The van der Waals surface area contributed by atoms with E-state index in [1.807, 2.05) is 20.8 Å². The second kappa shape index (κ2) is 5.89. The van der Waals surface area contributed by atoms with E-state index >= 15 is 0 Å². The van der Waals surface area contributed by atoms with Gasteiger partial charge in [0, 0.05) is 6.42 Å². The van der Waals surface area contributed by atoms with E-state index in [2.05, 4.69) is 0 Å². The van der Waals surface area contributed by atoms with Gasteiger partial charge in [-0.05, 0) is 33.9 Å². The van der Waals surface area contributed by atoms with Gasteiger partial charge in [-0.2, -0.15) is 0 Å². The zero-order chi connectivity index (χ0) is 12.3. The van der Waals surface area contributed by atoms with Gasteiger partial charge in [0.2, 0.25) is 0 Å². The summed E-state index contributed by atoms with van der Waals surface area (Å²) >= 11 is 4.79. The van der Waals surface area contributed by atoms with Gasteiger partial charge in [-0.25, -0.2) is 0 Å². The Morgan fingerprint density at radius 3 is 2.69 bits per heavy atom. The first-order valence-electron chi connectivity index (χ1n) is 5.52. The lowest BCUT2D eigenvalue weighted by atomic mass is 10.1. The lowest BCUT2D eigenvalue weighted by Crippen LogP contribution is -2.30. The molecule has 0 amide bonds. The third-order valence-corrected chi connectivity index (χ3v) is 3.22. The molecule has 0 bridgehead atoms. The highest BCUT2D eigenvalue weighted by Crippen LogP contribution is 2.38. The molecule has 0 aliphatic carbocycles. The maximum Gasteiger partial charge on any atom is 0.108 e. The highest BCUT2D eigenvalue weighted by molar-refractivity contribution is 8.08. The van der Waals surface area contributed by atoms with E-state index in [0.29, 0.717) is 6.61 Å². The summed E-state index contributed by atoms with van der Waals surface area (Å²) in [6, 6.07) is 0. The normalized spacial score (nSPS) is 34.2. The predicted octanol–water partition coefficient (Wildman–Crippen LogP) is 1.27. The van der Waals surface area contributed by atoms with Crippen molar-refractivity contribution in [3.05, 3.63) is 0 Å². The van der Waals surface area contributed by atoms with Gasteiger partial charge >= 0.3 is 0 Å². The Balaban J connectivity index is 2.49. The second-order valence-corrected chi connectivity index (χ2v) is 8.26. The van der Waals surface area contributed by atoms with Crippen LogP contribution in [0, 0.1) is 0 Å². The van der Waals surface area contributed by atoms with E-state index in [4.69, 9.17) is 25.8 Å². The smallest absolute Gasteiger partial charge is 0.108 e. The van der Waals surface area contributed by atoms with Gasteiger partial charge < -0.3 is 18.9 Å². The van der Waals surface area contributed by atoms with Crippen molar-refractivity contribution in [2.45, 2.75) is 51.6 Å². The van der Waals surface area contributed by atoms with Crippen LogP contribution in [-0.2, 0) is 25.8 Å². The van der Waals surface area contributed by atoms with Crippen LogP contribution >= 0.6 is 6.49 Å². The number of rotatable bonds is 5. The summed E-state index contributed by atoms with van der Waals surface area (Å²) in [6.45, 7) is 4.93. The molecular formula is C10H20O4PS-. The number of hydrogen-bond acceptors (Lipinski definition) is 5. The minimum Gasteiger partial charge on any atom is -0.801 e. The molecule has 16 heavy (non-hydrogen) atoms. The van der Waals surface area contributed by atoms with Crippen LogP contribution in [0.2, 0.25) is 0 Å². The minimum absolute atomic E-state index is 0.104. The van der Waals surface area contributed by atoms with Crippen molar-refractivity contribution in [3.63, 3.8) is 0 Å².